The van der Waals surface area contributed by atoms with Crippen molar-refractivity contribution in [3.05, 3.63) is 16.1 Å². The first kappa shape index (κ1) is 14.1. The van der Waals surface area contributed by atoms with Crippen LogP contribution in [0.5, 0.6) is 0 Å². The molecule has 96 valence electrons. The summed E-state index contributed by atoms with van der Waals surface area (Å²) in [6, 6.07) is -0.218. The molecule has 1 N–H and O–H groups in total. The van der Waals surface area contributed by atoms with Crippen LogP contribution in [-0.2, 0) is 10.3 Å². The van der Waals surface area contributed by atoms with Crippen molar-refractivity contribution in [2.75, 3.05) is 14.1 Å². The third-order valence-electron chi connectivity index (χ3n) is 2.54. The van der Waals surface area contributed by atoms with E-state index in [9.17, 15) is 4.79 Å². The van der Waals surface area contributed by atoms with Crippen LogP contribution in [0.1, 0.15) is 30.7 Å². The van der Waals surface area contributed by atoms with Gasteiger partial charge in [0.25, 0.3) is 0 Å². The van der Waals surface area contributed by atoms with Crippen LogP contribution in [0.3, 0.4) is 0 Å². The van der Waals surface area contributed by atoms with Gasteiger partial charge in [-0.05, 0) is 27.7 Å². The van der Waals surface area contributed by atoms with Crippen molar-refractivity contribution >= 4 is 17.2 Å². The first-order chi connectivity index (χ1) is 7.74. The Morgan fingerprint density at radius 3 is 2.53 bits per heavy atom. The molecule has 0 unspecified atom stereocenters. The predicted molar refractivity (Wildman–Crippen MR) is 71.2 cm³/mol. The molecule has 0 saturated carbocycles. The molecule has 5 heteroatoms. The van der Waals surface area contributed by atoms with Gasteiger partial charge in [0.1, 0.15) is 5.01 Å². The van der Waals surface area contributed by atoms with Gasteiger partial charge in [0.05, 0.1) is 11.6 Å². The highest BCUT2D eigenvalue weighted by Crippen LogP contribution is 2.25. The third-order valence-corrected chi connectivity index (χ3v) is 3.78. The molecule has 0 aliphatic heterocycles. The van der Waals surface area contributed by atoms with E-state index in [1.54, 1.807) is 30.3 Å². The number of hydrogen-bond acceptors (Lipinski definition) is 4. The van der Waals surface area contributed by atoms with Crippen LogP contribution < -0.4 is 5.32 Å². The van der Waals surface area contributed by atoms with Gasteiger partial charge in [0, 0.05) is 25.2 Å². The van der Waals surface area contributed by atoms with E-state index < -0.39 is 0 Å². The maximum absolute atomic E-state index is 11.8. The van der Waals surface area contributed by atoms with Crippen LogP contribution in [-0.4, -0.2) is 35.9 Å². The summed E-state index contributed by atoms with van der Waals surface area (Å²) in [5.74, 6) is 0.0753. The zero-order valence-electron chi connectivity index (χ0n) is 11.4. The van der Waals surface area contributed by atoms with Crippen LogP contribution in [0.2, 0.25) is 0 Å². The summed E-state index contributed by atoms with van der Waals surface area (Å²) in [5.41, 5.74) is -0.288. The van der Waals surface area contributed by atoms with E-state index in [2.05, 4.69) is 10.3 Å². The zero-order chi connectivity index (χ0) is 13.2. The second-order valence-corrected chi connectivity index (χ2v) is 6.23. The molecule has 1 amide bonds. The van der Waals surface area contributed by atoms with Gasteiger partial charge >= 0.3 is 0 Å². The van der Waals surface area contributed by atoms with Gasteiger partial charge in [-0.2, -0.15) is 0 Å². The number of thiazole rings is 1. The largest absolute Gasteiger partial charge is 0.347 e. The van der Waals surface area contributed by atoms with Crippen molar-refractivity contribution in [3.63, 3.8) is 0 Å². The lowest BCUT2D eigenvalue weighted by Crippen LogP contribution is -2.49. The Morgan fingerprint density at radius 2 is 2.12 bits per heavy atom. The summed E-state index contributed by atoms with van der Waals surface area (Å²) in [6.45, 7) is 8.01. The highest BCUT2D eigenvalue weighted by Gasteiger charge is 2.28. The average Bonchev–Trinajstić information content (AvgIpc) is 2.63. The molecule has 0 aliphatic rings. The van der Waals surface area contributed by atoms with Crippen molar-refractivity contribution in [3.8, 4) is 0 Å². The quantitative estimate of drug-likeness (QED) is 0.891. The van der Waals surface area contributed by atoms with E-state index in [0.717, 1.165) is 5.01 Å². The fourth-order valence-electron chi connectivity index (χ4n) is 1.70. The Bertz CT molecular complexity index is 398. The van der Waals surface area contributed by atoms with Gasteiger partial charge in [-0.1, -0.05) is 0 Å². The first-order valence-corrected chi connectivity index (χ1v) is 6.47. The normalized spacial score (nSPS) is 13.5. The van der Waals surface area contributed by atoms with Crippen LogP contribution in [0.25, 0.3) is 0 Å². The van der Waals surface area contributed by atoms with Crippen LogP contribution in [0, 0.1) is 6.92 Å². The average molecular weight is 255 g/mol. The van der Waals surface area contributed by atoms with Gasteiger partial charge in [-0.25, -0.2) is 4.98 Å². The summed E-state index contributed by atoms with van der Waals surface area (Å²) in [6.07, 6.45) is 1.86. The number of rotatable bonds is 4. The SMILES string of the molecule is Cc1cnc(C(C)(C)N[C@H](C)C(=O)N(C)C)s1. The van der Waals surface area contributed by atoms with Crippen molar-refractivity contribution in [1.82, 2.24) is 15.2 Å². The monoisotopic (exact) mass is 255 g/mol. The number of nitrogens with zero attached hydrogens (tertiary/aromatic N) is 2. The Hall–Kier alpha value is -0.940. The number of hydrogen-bond donors (Lipinski definition) is 1. The minimum Gasteiger partial charge on any atom is -0.347 e. The fourth-order valence-corrected chi connectivity index (χ4v) is 2.53. The molecule has 0 spiro atoms. The highest BCUT2D eigenvalue weighted by molar-refractivity contribution is 7.11. The second-order valence-electron chi connectivity index (χ2n) is 5.00. The molecule has 1 aromatic rings. The molecule has 0 fully saturated rings. The molecule has 0 radical (unpaired) electrons. The smallest absolute Gasteiger partial charge is 0.238 e. The Balaban J connectivity index is 2.76. The van der Waals surface area contributed by atoms with Gasteiger partial charge in [0.15, 0.2) is 0 Å². The lowest BCUT2D eigenvalue weighted by Gasteiger charge is -2.29. The van der Waals surface area contributed by atoms with Crippen molar-refractivity contribution < 1.29 is 4.79 Å². The lowest BCUT2D eigenvalue weighted by molar-refractivity contribution is -0.131. The molecule has 1 rings (SSSR count). The molecule has 17 heavy (non-hydrogen) atoms. The number of carbonyl (C=O) groups excluding carboxylic acids is 1. The molecule has 0 saturated heterocycles. The van der Waals surface area contributed by atoms with Gasteiger partial charge < -0.3 is 4.90 Å². The van der Waals surface area contributed by atoms with Gasteiger partial charge in [-0.3, -0.25) is 10.1 Å². The van der Waals surface area contributed by atoms with E-state index in [0.29, 0.717) is 0 Å². The molecule has 1 heterocycles. The number of carbonyl (C=O) groups is 1. The Morgan fingerprint density at radius 1 is 1.53 bits per heavy atom. The topological polar surface area (TPSA) is 45.2 Å². The number of aromatic nitrogens is 1. The van der Waals surface area contributed by atoms with Crippen molar-refractivity contribution in [2.24, 2.45) is 0 Å². The van der Waals surface area contributed by atoms with E-state index in [1.165, 1.54) is 4.88 Å². The van der Waals surface area contributed by atoms with Crippen LogP contribution >= 0.6 is 11.3 Å². The summed E-state index contributed by atoms with van der Waals surface area (Å²) >= 11 is 1.66. The molecule has 0 aromatic carbocycles. The summed E-state index contributed by atoms with van der Waals surface area (Å²) < 4.78 is 0. The zero-order valence-corrected chi connectivity index (χ0v) is 12.2. The second kappa shape index (κ2) is 5.14. The van der Waals surface area contributed by atoms with Crippen molar-refractivity contribution in [1.29, 1.82) is 0 Å². The summed E-state index contributed by atoms with van der Waals surface area (Å²) in [4.78, 5) is 19.0. The number of amides is 1. The van der Waals surface area contributed by atoms with Crippen LogP contribution in [0.4, 0.5) is 0 Å². The Labute approximate surface area is 107 Å². The minimum absolute atomic E-state index is 0.0753. The van der Waals surface area contributed by atoms with E-state index in [4.69, 9.17) is 0 Å². The van der Waals surface area contributed by atoms with E-state index in [1.807, 2.05) is 33.9 Å². The molecule has 1 atom stereocenters. The molecule has 1 aromatic heterocycles. The predicted octanol–water partition coefficient (Wildman–Crippen LogP) is 1.75. The summed E-state index contributed by atoms with van der Waals surface area (Å²) in [5, 5.41) is 4.33. The maximum atomic E-state index is 11.8. The number of likely N-dealkylation sites (N-methyl/N-ethyl adjacent to an activating group) is 1. The molecular formula is C12H21N3OS. The van der Waals surface area contributed by atoms with Gasteiger partial charge in [-0.15, -0.1) is 11.3 Å². The molecule has 0 aliphatic carbocycles. The van der Waals surface area contributed by atoms with E-state index >= 15 is 0 Å². The highest BCUT2D eigenvalue weighted by atomic mass is 32.1. The number of nitrogens with one attached hydrogen (secondary N) is 1. The first-order valence-electron chi connectivity index (χ1n) is 5.66. The standard InChI is InChI=1S/C12H21N3OS/c1-8-7-13-11(17-8)12(3,4)14-9(2)10(16)15(5)6/h7,9,14H,1-6H3/t9-/m1/s1. The van der Waals surface area contributed by atoms with Crippen molar-refractivity contribution in [2.45, 2.75) is 39.3 Å². The maximum Gasteiger partial charge on any atom is 0.238 e. The number of aryl methyl sites for hydroxylation is 1. The molecule has 4 nitrogen and oxygen atoms in total. The summed E-state index contributed by atoms with van der Waals surface area (Å²) in [7, 11) is 3.53. The van der Waals surface area contributed by atoms with Crippen LogP contribution in [0.15, 0.2) is 6.20 Å². The third kappa shape index (κ3) is 3.51. The lowest BCUT2D eigenvalue weighted by atomic mass is 10.1. The molecular weight excluding hydrogens is 234 g/mol. The minimum atomic E-state index is -0.288. The Kier molecular flexibility index (Phi) is 4.27. The van der Waals surface area contributed by atoms with E-state index in [-0.39, 0.29) is 17.5 Å². The fraction of sp³-hybridized carbons (Fsp3) is 0.667. The van der Waals surface area contributed by atoms with Gasteiger partial charge in [0.2, 0.25) is 5.91 Å². The molecule has 0 bridgehead atoms.